The molecule has 1 N–H and O–H groups in total. The zero-order valence-electron chi connectivity index (χ0n) is 15.9. The van der Waals surface area contributed by atoms with Crippen LogP contribution in [-0.4, -0.2) is 10.3 Å². The van der Waals surface area contributed by atoms with E-state index in [-0.39, 0.29) is 34.8 Å². The summed E-state index contributed by atoms with van der Waals surface area (Å²) >= 11 is 5.86. The van der Waals surface area contributed by atoms with Crippen LogP contribution in [0.1, 0.15) is 11.3 Å². The number of rotatable bonds is 5. The van der Waals surface area contributed by atoms with Gasteiger partial charge in [0.1, 0.15) is 18.1 Å². The van der Waals surface area contributed by atoms with E-state index in [2.05, 4.69) is 5.16 Å². The van der Waals surface area contributed by atoms with E-state index < -0.39 is 11.9 Å². The number of aromatic hydroxyl groups is 1. The van der Waals surface area contributed by atoms with Gasteiger partial charge in [-0.2, -0.15) is 13.2 Å². The van der Waals surface area contributed by atoms with Crippen molar-refractivity contribution < 1.29 is 27.5 Å². The number of alkyl halides is 3. The molecule has 0 aliphatic heterocycles. The van der Waals surface area contributed by atoms with Gasteiger partial charge in [-0.25, -0.2) is 0 Å². The SMILES string of the molecule is Oc1cc(OCc2ccccc2)ccc1-c1onc(C(F)(F)F)c1-c1ccc(Cl)cc1. The van der Waals surface area contributed by atoms with E-state index in [4.69, 9.17) is 20.9 Å². The lowest BCUT2D eigenvalue weighted by molar-refractivity contribution is -0.142. The van der Waals surface area contributed by atoms with Crippen molar-refractivity contribution in [3.05, 3.63) is 89.1 Å². The summed E-state index contributed by atoms with van der Waals surface area (Å²) in [5.41, 5.74) is -0.274. The monoisotopic (exact) mass is 445 g/mol. The zero-order chi connectivity index (χ0) is 22.0. The average Bonchev–Trinajstić information content (AvgIpc) is 3.19. The third-order valence-electron chi connectivity index (χ3n) is 4.56. The Morgan fingerprint density at radius 2 is 1.68 bits per heavy atom. The smallest absolute Gasteiger partial charge is 0.437 e. The Morgan fingerprint density at radius 1 is 0.968 bits per heavy atom. The lowest BCUT2D eigenvalue weighted by atomic mass is 9.98. The Hall–Kier alpha value is -3.45. The molecule has 0 radical (unpaired) electrons. The van der Waals surface area contributed by atoms with Crippen LogP contribution in [0.4, 0.5) is 13.2 Å². The predicted octanol–water partition coefficient (Wildman–Crippen LogP) is 6.97. The molecule has 0 bridgehead atoms. The minimum absolute atomic E-state index is 0.0556. The topological polar surface area (TPSA) is 55.5 Å². The Morgan fingerprint density at radius 3 is 2.32 bits per heavy atom. The molecule has 0 saturated heterocycles. The Kier molecular flexibility index (Phi) is 5.61. The molecule has 0 aliphatic rings. The summed E-state index contributed by atoms with van der Waals surface area (Å²) in [5.74, 6) is -0.152. The maximum Gasteiger partial charge on any atom is 0.437 e. The first-order valence-electron chi connectivity index (χ1n) is 9.16. The third kappa shape index (κ3) is 4.51. The van der Waals surface area contributed by atoms with Gasteiger partial charge in [-0.1, -0.05) is 59.2 Å². The molecule has 4 nitrogen and oxygen atoms in total. The highest BCUT2D eigenvalue weighted by Crippen LogP contribution is 2.45. The maximum absolute atomic E-state index is 13.5. The van der Waals surface area contributed by atoms with E-state index in [0.717, 1.165) is 5.56 Å². The minimum atomic E-state index is -4.74. The average molecular weight is 446 g/mol. The first kappa shape index (κ1) is 20.8. The fourth-order valence-corrected chi connectivity index (χ4v) is 3.21. The molecule has 0 amide bonds. The van der Waals surface area contributed by atoms with Crippen molar-refractivity contribution in [1.82, 2.24) is 5.16 Å². The fraction of sp³-hybridized carbons (Fsp3) is 0.0870. The molecule has 1 aromatic heterocycles. The largest absolute Gasteiger partial charge is 0.507 e. The van der Waals surface area contributed by atoms with Crippen molar-refractivity contribution in [2.45, 2.75) is 12.8 Å². The van der Waals surface area contributed by atoms with Crippen LogP contribution in [0.15, 0.2) is 77.3 Å². The van der Waals surface area contributed by atoms with Gasteiger partial charge in [0.25, 0.3) is 0 Å². The van der Waals surface area contributed by atoms with Crippen molar-refractivity contribution in [2.24, 2.45) is 0 Å². The molecule has 0 saturated carbocycles. The van der Waals surface area contributed by atoms with E-state index in [1.54, 1.807) is 6.07 Å². The molecule has 31 heavy (non-hydrogen) atoms. The number of phenols is 1. The molecule has 0 atom stereocenters. The first-order valence-corrected chi connectivity index (χ1v) is 9.53. The molecule has 0 spiro atoms. The fourth-order valence-electron chi connectivity index (χ4n) is 3.09. The van der Waals surface area contributed by atoms with Gasteiger partial charge in [0.2, 0.25) is 0 Å². The minimum Gasteiger partial charge on any atom is -0.507 e. The van der Waals surface area contributed by atoms with E-state index >= 15 is 0 Å². The highest BCUT2D eigenvalue weighted by Gasteiger charge is 2.40. The quantitative estimate of drug-likeness (QED) is 0.360. The molecular formula is C23H15ClF3NO3. The van der Waals surface area contributed by atoms with Crippen LogP contribution in [0.3, 0.4) is 0 Å². The second-order valence-corrected chi connectivity index (χ2v) is 7.13. The maximum atomic E-state index is 13.5. The summed E-state index contributed by atoms with van der Waals surface area (Å²) in [6, 6.07) is 19.5. The van der Waals surface area contributed by atoms with Crippen molar-refractivity contribution in [3.63, 3.8) is 0 Å². The lowest BCUT2D eigenvalue weighted by Gasteiger charge is -2.10. The molecule has 3 aromatic carbocycles. The highest BCUT2D eigenvalue weighted by molar-refractivity contribution is 6.30. The van der Waals surface area contributed by atoms with Gasteiger partial charge < -0.3 is 14.4 Å². The normalized spacial score (nSPS) is 11.5. The zero-order valence-corrected chi connectivity index (χ0v) is 16.6. The van der Waals surface area contributed by atoms with Gasteiger partial charge in [0.15, 0.2) is 11.5 Å². The Balaban J connectivity index is 1.71. The molecule has 4 rings (SSSR count). The van der Waals surface area contributed by atoms with Gasteiger partial charge >= 0.3 is 6.18 Å². The van der Waals surface area contributed by atoms with Crippen LogP contribution in [0.5, 0.6) is 11.5 Å². The van der Waals surface area contributed by atoms with Gasteiger partial charge in [0.05, 0.1) is 11.1 Å². The highest BCUT2D eigenvalue weighted by atomic mass is 35.5. The van der Waals surface area contributed by atoms with Gasteiger partial charge in [0, 0.05) is 11.1 Å². The van der Waals surface area contributed by atoms with Crippen molar-refractivity contribution in [2.75, 3.05) is 0 Å². The van der Waals surface area contributed by atoms with Crippen LogP contribution >= 0.6 is 11.6 Å². The second-order valence-electron chi connectivity index (χ2n) is 6.69. The van der Waals surface area contributed by atoms with Crippen LogP contribution in [-0.2, 0) is 12.8 Å². The van der Waals surface area contributed by atoms with Crippen LogP contribution in [0.2, 0.25) is 5.02 Å². The van der Waals surface area contributed by atoms with E-state index in [9.17, 15) is 18.3 Å². The van der Waals surface area contributed by atoms with Crippen LogP contribution < -0.4 is 4.74 Å². The standard InChI is InChI=1S/C23H15ClF3NO3/c24-16-8-6-15(7-9-16)20-21(31-28-22(20)23(25,26)27)18-11-10-17(12-19(18)29)30-13-14-4-2-1-3-5-14/h1-12,29H,13H2. The number of benzene rings is 3. The van der Waals surface area contributed by atoms with Gasteiger partial charge in [-0.3, -0.25) is 0 Å². The van der Waals surface area contributed by atoms with Gasteiger partial charge in [-0.15, -0.1) is 0 Å². The summed E-state index contributed by atoms with van der Waals surface area (Å²) in [6.45, 7) is 0.274. The third-order valence-corrected chi connectivity index (χ3v) is 4.81. The van der Waals surface area contributed by atoms with Crippen LogP contribution in [0, 0.1) is 0 Å². The van der Waals surface area contributed by atoms with Crippen molar-refractivity contribution in [1.29, 1.82) is 0 Å². The number of phenolic OH excluding ortho intramolecular Hbond substituents is 1. The summed E-state index contributed by atoms with van der Waals surface area (Å²) in [7, 11) is 0. The first-order chi connectivity index (χ1) is 14.8. The molecule has 0 fully saturated rings. The summed E-state index contributed by atoms with van der Waals surface area (Å²) in [5, 5.41) is 14.1. The molecule has 158 valence electrons. The summed E-state index contributed by atoms with van der Waals surface area (Å²) in [6.07, 6.45) is -4.74. The van der Waals surface area contributed by atoms with Crippen LogP contribution in [0.25, 0.3) is 22.5 Å². The number of nitrogens with zero attached hydrogens (tertiary/aromatic N) is 1. The van der Waals surface area contributed by atoms with E-state index in [1.165, 1.54) is 36.4 Å². The number of halogens is 4. The molecule has 0 unspecified atom stereocenters. The summed E-state index contributed by atoms with van der Waals surface area (Å²) < 4.78 is 51.3. The summed E-state index contributed by atoms with van der Waals surface area (Å²) in [4.78, 5) is 0. The van der Waals surface area contributed by atoms with E-state index in [0.29, 0.717) is 10.8 Å². The molecule has 1 heterocycles. The lowest BCUT2D eigenvalue weighted by Crippen LogP contribution is -2.07. The van der Waals surface area contributed by atoms with Crippen molar-refractivity contribution >= 4 is 11.6 Å². The molecule has 4 aromatic rings. The number of hydrogen-bond acceptors (Lipinski definition) is 4. The van der Waals surface area contributed by atoms with Gasteiger partial charge in [-0.05, 0) is 35.4 Å². The predicted molar refractivity (Wildman–Crippen MR) is 110 cm³/mol. The molecule has 8 heteroatoms. The number of hydrogen-bond donors (Lipinski definition) is 1. The number of aromatic nitrogens is 1. The number of ether oxygens (including phenoxy) is 1. The molecule has 0 aliphatic carbocycles. The Labute approximate surface area is 180 Å². The van der Waals surface area contributed by atoms with E-state index in [1.807, 2.05) is 30.3 Å². The van der Waals surface area contributed by atoms with Crippen molar-refractivity contribution in [3.8, 4) is 33.9 Å². The second kappa shape index (κ2) is 8.35. The Bertz CT molecular complexity index is 1190. The molecular weight excluding hydrogens is 431 g/mol.